The maximum atomic E-state index is 7.69. The highest BCUT2D eigenvalue weighted by Crippen LogP contribution is 2.47. The third-order valence-electron chi connectivity index (χ3n) is 2.77. The van der Waals surface area contributed by atoms with Gasteiger partial charge in [-0.15, -0.1) is 6.42 Å². The van der Waals surface area contributed by atoms with E-state index in [4.69, 9.17) is 16.3 Å². The second kappa shape index (κ2) is 2.86. The Labute approximate surface area is 88.6 Å². The molecule has 0 aromatic heterocycles. The molecule has 0 atom stereocenters. The summed E-state index contributed by atoms with van der Waals surface area (Å²) in [5.41, 5.74) is -1.72. The van der Waals surface area contributed by atoms with Crippen LogP contribution in [0.5, 0.6) is 0 Å². The standard InChI is InChI=1S/C11H20OSi/c1-7-11(8-9-11)12-13(5,6)10(2,3)4/h1H,8-9H2,2-6H3/i8D2,9D2. The number of hydrogen-bond donors (Lipinski definition) is 0. The first-order chi connectivity index (χ1) is 7.27. The molecule has 0 aromatic rings. The first kappa shape index (κ1) is 6.26. The Morgan fingerprint density at radius 1 is 1.46 bits per heavy atom. The zero-order valence-corrected chi connectivity index (χ0v) is 9.99. The molecule has 0 aromatic carbocycles. The molecule has 13 heavy (non-hydrogen) atoms. The van der Waals surface area contributed by atoms with Crippen LogP contribution in [0.4, 0.5) is 0 Å². The van der Waals surface area contributed by atoms with E-state index < -0.39 is 26.7 Å². The quantitative estimate of drug-likeness (QED) is 0.491. The topological polar surface area (TPSA) is 9.23 Å². The van der Waals surface area contributed by atoms with Crippen molar-refractivity contribution in [2.75, 3.05) is 0 Å². The first-order valence-electron chi connectivity index (χ1n) is 6.45. The summed E-state index contributed by atoms with van der Waals surface area (Å²) in [6, 6.07) is 0. The molecular formula is C11H20OSi. The lowest BCUT2D eigenvalue weighted by atomic mass is 10.2. The van der Waals surface area contributed by atoms with Crippen LogP contribution < -0.4 is 0 Å². The Hall–Kier alpha value is -0.263. The van der Waals surface area contributed by atoms with Gasteiger partial charge in [-0.05, 0) is 30.9 Å². The van der Waals surface area contributed by atoms with E-state index in [9.17, 15) is 0 Å². The lowest BCUT2D eigenvalue weighted by molar-refractivity contribution is 0.215. The fraction of sp³-hybridized carbons (Fsp3) is 0.818. The molecule has 74 valence electrons. The van der Waals surface area contributed by atoms with Gasteiger partial charge in [0.05, 0.1) is 0 Å². The van der Waals surface area contributed by atoms with E-state index in [2.05, 4.69) is 5.92 Å². The summed E-state index contributed by atoms with van der Waals surface area (Å²) < 4.78 is 36.6. The van der Waals surface area contributed by atoms with E-state index in [-0.39, 0.29) is 5.04 Å². The molecule has 1 rings (SSSR count). The van der Waals surface area contributed by atoms with E-state index in [0.29, 0.717) is 0 Å². The molecular weight excluding hydrogens is 176 g/mol. The van der Waals surface area contributed by atoms with Gasteiger partial charge in [-0.2, -0.15) is 0 Å². The van der Waals surface area contributed by atoms with Crippen LogP contribution in [0.25, 0.3) is 0 Å². The molecule has 0 heterocycles. The van der Waals surface area contributed by atoms with Gasteiger partial charge in [0, 0.05) is 5.48 Å². The van der Waals surface area contributed by atoms with E-state index in [1.807, 2.05) is 33.9 Å². The highest BCUT2D eigenvalue weighted by molar-refractivity contribution is 6.74. The van der Waals surface area contributed by atoms with Crippen LogP contribution >= 0.6 is 0 Å². The van der Waals surface area contributed by atoms with Crippen molar-refractivity contribution in [3.05, 3.63) is 0 Å². The molecule has 0 radical (unpaired) electrons. The van der Waals surface area contributed by atoms with Crippen molar-refractivity contribution in [2.24, 2.45) is 0 Å². The Morgan fingerprint density at radius 3 is 2.15 bits per heavy atom. The van der Waals surface area contributed by atoms with Crippen molar-refractivity contribution in [2.45, 2.75) is 57.3 Å². The third-order valence-corrected chi connectivity index (χ3v) is 7.20. The van der Waals surface area contributed by atoms with E-state index >= 15 is 0 Å². The minimum absolute atomic E-state index is 0.133. The van der Waals surface area contributed by atoms with E-state index in [1.165, 1.54) is 0 Å². The monoisotopic (exact) mass is 200 g/mol. The molecule has 0 spiro atoms. The summed E-state index contributed by atoms with van der Waals surface area (Å²) in [6.07, 6.45) is 1.12. The highest BCUT2D eigenvalue weighted by Gasteiger charge is 2.50. The Kier molecular flexibility index (Phi) is 1.38. The normalized spacial score (nSPS) is 33.2. The maximum absolute atomic E-state index is 7.69. The summed E-state index contributed by atoms with van der Waals surface area (Å²) in [5.74, 6) is 2.22. The molecule has 0 saturated heterocycles. The van der Waals surface area contributed by atoms with E-state index in [1.54, 1.807) is 0 Å². The number of rotatable bonds is 2. The molecule has 1 fully saturated rings. The minimum Gasteiger partial charge on any atom is -0.401 e. The lowest BCUT2D eigenvalue weighted by Crippen LogP contribution is -2.44. The predicted molar refractivity (Wildman–Crippen MR) is 59.1 cm³/mol. The molecule has 0 unspecified atom stereocenters. The van der Waals surface area contributed by atoms with Crippen LogP contribution in [-0.2, 0) is 4.43 Å². The molecule has 1 aliphatic carbocycles. The Bertz CT molecular complexity index is 362. The fourth-order valence-corrected chi connectivity index (χ4v) is 1.98. The van der Waals surface area contributed by atoms with Crippen molar-refractivity contribution in [1.82, 2.24) is 0 Å². The average molecular weight is 200 g/mol. The molecule has 0 aliphatic heterocycles. The van der Waals surface area contributed by atoms with Gasteiger partial charge < -0.3 is 4.43 Å². The van der Waals surface area contributed by atoms with Crippen LogP contribution in [0.2, 0.25) is 18.1 Å². The molecule has 0 amide bonds. The Balaban J connectivity index is 3.10. The van der Waals surface area contributed by atoms with Gasteiger partial charge in [-0.1, -0.05) is 26.7 Å². The van der Waals surface area contributed by atoms with Crippen molar-refractivity contribution >= 4 is 8.32 Å². The van der Waals surface area contributed by atoms with Gasteiger partial charge in [0.1, 0.15) is 5.60 Å². The van der Waals surface area contributed by atoms with Crippen molar-refractivity contribution in [1.29, 1.82) is 0 Å². The third kappa shape index (κ3) is 2.15. The van der Waals surface area contributed by atoms with Gasteiger partial charge in [-0.3, -0.25) is 0 Å². The van der Waals surface area contributed by atoms with Crippen LogP contribution in [-0.4, -0.2) is 13.9 Å². The number of hydrogen-bond acceptors (Lipinski definition) is 1. The molecule has 1 aliphatic rings. The van der Waals surface area contributed by atoms with Gasteiger partial charge in [0.2, 0.25) is 0 Å². The van der Waals surface area contributed by atoms with Gasteiger partial charge >= 0.3 is 0 Å². The van der Waals surface area contributed by atoms with Crippen molar-refractivity contribution in [3.8, 4) is 12.3 Å². The smallest absolute Gasteiger partial charge is 0.194 e. The molecule has 1 nitrogen and oxygen atoms in total. The average Bonchev–Trinajstić information content (AvgIpc) is 2.41. The van der Waals surface area contributed by atoms with Crippen molar-refractivity contribution < 1.29 is 9.91 Å². The van der Waals surface area contributed by atoms with Gasteiger partial charge in [-0.25, -0.2) is 0 Å². The summed E-state index contributed by atoms with van der Waals surface area (Å²) in [7, 11) is -2.30. The minimum atomic E-state index is -2.30. The van der Waals surface area contributed by atoms with Crippen LogP contribution in [0, 0.1) is 12.3 Å². The largest absolute Gasteiger partial charge is 0.401 e. The fourth-order valence-electron chi connectivity index (χ4n) is 0.745. The number of terminal acetylenes is 1. The maximum Gasteiger partial charge on any atom is 0.194 e. The van der Waals surface area contributed by atoms with Crippen molar-refractivity contribution in [3.63, 3.8) is 0 Å². The van der Waals surface area contributed by atoms with Crippen LogP contribution in [0.3, 0.4) is 0 Å². The predicted octanol–water partition coefficient (Wildman–Crippen LogP) is 3.17. The second-order valence-corrected chi connectivity index (χ2v) is 9.66. The SMILES string of the molecule is [2H]C1([2H])C([2H])([2H])C1(C#C)O[Si](C)(C)C(C)(C)C. The lowest BCUT2D eigenvalue weighted by Gasteiger charge is -2.38. The van der Waals surface area contributed by atoms with E-state index in [0.717, 1.165) is 0 Å². The highest BCUT2D eigenvalue weighted by atomic mass is 28.4. The molecule has 2 heteroatoms. The zero-order valence-electron chi connectivity index (χ0n) is 13.0. The van der Waals surface area contributed by atoms with Gasteiger partial charge in [0.15, 0.2) is 8.32 Å². The zero-order chi connectivity index (χ0) is 13.9. The summed E-state index contributed by atoms with van der Waals surface area (Å²) in [4.78, 5) is 0. The first-order valence-corrected chi connectivity index (χ1v) is 7.36. The van der Waals surface area contributed by atoms with Crippen LogP contribution in [0.1, 0.15) is 39.0 Å². The summed E-state index contributed by atoms with van der Waals surface area (Å²) >= 11 is 0. The molecule has 0 N–H and O–H groups in total. The summed E-state index contributed by atoms with van der Waals surface area (Å²) in [6.45, 7) is 9.91. The van der Waals surface area contributed by atoms with Crippen LogP contribution in [0.15, 0.2) is 0 Å². The molecule has 0 bridgehead atoms. The van der Waals surface area contributed by atoms with Gasteiger partial charge in [0.25, 0.3) is 0 Å². The Morgan fingerprint density at radius 2 is 1.92 bits per heavy atom. The summed E-state index contributed by atoms with van der Waals surface area (Å²) in [5, 5.41) is -0.133. The molecule has 1 saturated carbocycles. The second-order valence-electron chi connectivity index (χ2n) is 4.94.